The molecular formula is C27H25N5O2S. The molecule has 1 amide bonds. The van der Waals surface area contributed by atoms with Crippen molar-refractivity contribution in [2.24, 2.45) is 0 Å². The lowest BCUT2D eigenvalue weighted by molar-refractivity contribution is -0.115. The van der Waals surface area contributed by atoms with Crippen LogP contribution in [0.25, 0.3) is 22.4 Å². The lowest BCUT2D eigenvalue weighted by Crippen LogP contribution is -2.24. The number of thioether (sulfide) groups is 1. The number of benzene rings is 3. The smallest absolute Gasteiger partial charge is 0.267 e. The van der Waals surface area contributed by atoms with Crippen LogP contribution in [0.3, 0.4) is 0 Å². The highest BCUT2D eigenvalue weighted by atomic mass is 32.2. The van der Waals surface area contributed by atoms with Crippen LogP contribution in [-0.4, -0.2) is 30.3 Å². The van der Waals surface area contributed by atoms with Gasteiger partial charge in [0.1, 0.15) is 0 Å². The third-order valence-electron chi connectivity index (χ3n) is 5.94. The maximum absolute atomic E-state index is 13.6. The van der Waals surface area contributed by atoms with Gasteiger partial charge < -0.3 is 5.32 Å². The molecule has 2 heterocycles. The van der Waals surface area contributed by atoms with E-state index in [1.54, 1.807) is 10.6 Å². The standard InChI is InChI=1S/C27H25N5O2S/c1-16-8-7-9-20(14-16)28-24(33)19(4)35-27-30-29-26-31(23-15-17(2)12-13-18(23)3)25(34)21-10-5-6-11-22(21)32(26)27/h5-15,19H,1-4H3,(H,28,33). The molecule has 0 saturated heterocycles. The molecule has 0 aliphatic rings. The molecule has 0 aliphatic heterocycles. The normalized spacial score (nSPS) is 12.2. The predicted molar refractivity (Wildman–Crippen MR) is 141 cm³/mol. The molecule has 2 aromatic heterocycles. The number of hydrogen-bond donors (Lipinski definition) is 1. The molecule has 0 radical (unpaired) electrons. The largest absolute Gasteiger partial charge is 0.325 e. The summed E-state index contributed by atoms with van der Waals surface area (Å²) in [6.45, 7) is 7.78. The van der Waals surface area contributed by atoms with Crippen LogP contribution in [0.1, 0.15) is 23.6 Å². The van der Waals surface area contributed by atoms with E-state index in [2.05, 4.69) is 15.5 Å². The number of para-hydroxylation sites is 1. The Bertz CT molecular complexity index is 1650. The van der Waals surface area contributed by atoms with Crippen molar-refractivity contribution in [1.82, 2.24) is 19.2 Å². The minimum absolute atomic E-state index is 0.135. The number of aromatic nitrogens is 4. The van der Waals surface area contributed by atoms with Crippen molar-refractivity contribution in [1.29, 1.82) is 0 Å². The average molecular weight is 484 g/mol. The average Bonchev–Trinajstić information content (AvgIpc) is 3.24. The van der Waals surface area contributed by atoms with Gasteiger partial charge in [-0.15, -0.1) is 10.2 Å². The Kier molecular flexibility index (Phi) is 5.90. The van der Waals surface area contributed by atoms with Gasteiger partial charge in [0.25, 0.3) is 5.56 Å². The van der Waals surface area contributed by atoms with E-state index < -0.39 is 5.25 Å². The van der Waals surface area contributed by atoms with Crippen molar-refractivity contribution in [3.63, 3.8) is 0 Å². The summed E-state index contributed by atoms with van der Waals surface area (Å²) in [5.74, 6) is 0.278. The van der Waals surface area contributed by atoms with E-state index in [1.807, 2.05) is 92.8 Å². The monoisotopic (exact) mass is 483 g/mol. The molecule has 5 rings (SSSR count). The van der Waals surface area contributed by atoms with Gasteiger partial charge in [0.05, 0.1) is 21.8 Å². The third kappa shape index (κ3) is 4.21. The summed E-state index contributed by atoms with van der Waals surface area (Å²) >= 11 is 1.31. The summed E-state index contributed by atoms with van der Waals surface area (Å²) in [7, 11) is 0. The van der Waals surface area contributed by atoms with Crippen molar-refractivity contribution in [2.75, 3.05) is 5.32 Å². The number of aryl methyl sites for hydroxylation is 3. The highest BCUT2D eigenvalue weighted by Crippen LogP contribution is 2.27. The van der Waals surface area contributed by atoms with Gasteiger partial charge in [-0.25, -0.2) is 4.57 Å². The molecule has 7 nitrogen and oxygen atoms in total. The summed E-state index contributed by atoms with van der Waals surface area (Å²) in [6, 6.07) is 21.1. The van der Waals surface area contributed by atoms with Crippen molar-refractivity contribution in [2.45, 2.75) is 38.1 Å². The van der Waals surface area contributed by atoms with Crippen molar-refractivity contribution < 1.29 is 4.79 Å². The van der Waals surface area contributed by atoms with Crippen LogP contribution in [0.2, 0.25) is 0 Å². The summed E-state index contributed by atoms with van der Waals surface area (Å²) in [5.41, 5.74) is 5.13. The van der Waals surface area contributed by atoms with Crippen LogP contribution >= 0.6 is 11.8 Å². The lowest BCUT2D eigenvalue weighted by atomic mass is 10.1. The van der Waals surface area contributed by atoms with E-state index >= 15 is 0 Å². The van der Waals surface area contributed by atoms with E-state index in [1.165, 1.54) is 11.8 Å². The van der Waals surface area contributed by atoms with Crippen LogP contribution in [-0.2, 0) is 4.79 Å². The zero-order valence-corrected chi connectivity index (χ0v) is 20.8. The molecule has 0 saturated carbocycles. The fraction of sp³-hybridized carbons (Fsp3) is 0.185. The first-order valence-electron chi connectivity index (χ1n) is 11.3. The number of hydrogen-bond acceptors (Lipinski definition) is 5. The minimum atomic E-state index is -0.442. The second kappa shape index (κ2) is 9.03. The topological polar surface area (TPSA) is 81.3 Å². The molecule has 3 aromatic carbocycles. The summed E-state index contributed by atoms with van der Waals surface area (Å²) in [4.78, 5) is 26.5. The first-order chi connectivity index (χ1) is 16.8. The second-order valence-electron chi connectivity index (χ2n) is 8.68. The van der Waals surface area contributed by atoms with Crippen LogP contribution < -0.4 is 10.9 Å². The van der Waals surface area contributed by atoms with E-state index in [-0.39, 0.29) is 11.5 Å². The fourth-order valence-corrected chi connectivity index (χ4v) is 4.97. The number of anilines is 1. The minimum Gasteiger partial charge on any atom is -0.325 e. The fourth-order valence-electron chi connectivity index (χ4n) is 4.11. The maximum Gasteiger partial charge on any atom is 0.267 e. The zero-order chi connectivity index (χ0) is 24.7. The number of fused-ring (bicyclic) bond motifs is 3. The molecule has 0 spiro atoms. The third-order valence-corrected chi connectivity index (χ3v) is 6.98. The summed E-state index contributed by atoms with van der Waals surface area (Å²) in [5, 5.41) is 12.4. The number of rotatable bonds is 5. The molecule has 0 bridgehead atoms. The predicted octanol–water partition coefficient (Wildman–Crippen LogP) is 5.08. The summed E-state index contributed by atoms with van der Waals surface area (Å²) < 4.78 is 3.47. The molecule has 5 aromatic rings. The first kappa shape index (κ1) is 22.9. The highest BCUT2D eigenvalue weighted by Gasteiger charge is 2.22. The van der Waals surface area contributed by atoms with Crippen molar-refractivity contribution in [3.05, 3.63) is 93.8 Å². The van der Waals surface area contributed by atoms with Gasteiger partial charge in [-0.3, -0.25) is 14.0 Å². The number of carbonyl (C=O) groups is 1. The number of nitrogens with zero attached hydrogens (tertiary/aromatic N) is 4. The second-order valence-corrected chi connectivity index (χ2v) is 9.99. The molecule has 0 aliphatic carbocycles. The molecule has 1 N–H and O–H groups in total. The Morgan fingerprint density at radius 2 is 1.71 bits per heavy atom. The van der Waals surface area contributed by atoms with Gasteiger partial charge in [0.2, 0.25) is 11.7 Å². The van der Waals surface area contributed by atoms with Crippen LogP contribution in [0.15, 0.2) is 76.7 Å². The Balaban J connectivity index is 1.61. The van der Waals surface area contributed by atoms with Crippen molar-refractivity contribution >= 4 is 40.0 Å². The van der Waals surface area contributed by atoms with Gasteiger partial charge in [0.15, 0.2) is 5.16 Å². The van der Waals surface area contributed by atoms with Gasteiger partial charge >= 0.3 is 0 Å². The maximum atomic E-state index is 13.6. The van der Waals surface area contributed by atoms with Crippen LogP contribution in [0.4, 0.5) is 5.69 Å². The molecule has 1 atom stereocenters. The van der Waals surface area contributed by atoms with Crippen LogP contribution in [0, 0.1) is 20.8 Å². The van der Waals surface area contributed by atoms with Gasteiger partial charge in [-0.05, 0) is 74.7 Å². The quantitative estimate of drug-likeness (QED) is 0.353. The number of nitrogens with one attached hydrogen (secondary N) is 1. The van der Waals surface area contributed by atoms with Gasteiger partial charge in [0, 0.05) is 5.69 Å². The molecule has 1 unspecified atom stereocenters. The zero-order valence-electron chi connectivity index (χ0n) is 19.9. The van der Waals surface area contributed by atoms with E-state index in [0.717, 1.165) is 28.1 Å². The SMILES string of the molecule is Cc1cccc(NC(=O)C(C)Sc2nnc3n(-c4cc(C)ccc4C)c(=O)c4ccccc4n23)c1. The number of carbonyl (C=O) groups excluding carboxylic acids is 1. The molecule has 8 heteroatoms. The molecule has 0 fully saturated rings. The highest BCUT2D eigenvalue weighted by molar-refractivity contribution is 8.00. The van der Waals surface area contributed by atoms with E-state index in [4.69, 9.17) is 0 Å². The Labute approximate surface area is 206 Å². The Morgan fingerprint density at radius 3 is 2.51 bits per heavy atom. The van der Waals surface area contributed by atoms with Gasteiger partial charge in [-0.2, -0.15) is 0 Å². The van der Waals surface area contributed by atoms with Crippen molar-refractivity contribution in [3.8, 4) is 5.69 Å². The summed E-state index contributed by atoms with van der Waals surface area (Å²) in [6.07, 6.45) is 0. The molecule has 35 heavy (non-hydrogen) atoms. The van der Waals surface area contributed by atoms with E-state index in [9.17, 15) is 9.59 Å². The first-order valence-corrected chi connectivity index (χ1v) is 12.2. The lowest BCUT2D eigenvalue weighted by Gasteiger charge is -2.15. The van der Waals surface area contributed by atoms with E-state index in [0.29, 0.717) is 21.8 Å². The number of amides is 1. The molecular weight excluding hydrogens is 458 g/mol. The molecule has 176 valence electrons. The van der Waals surface area contributed by atoms with Crippen LogP contribution in [0.5, 0.6) is 0 Å². The Hall–Kier alpha value is -3.91. The van der Waals surface area contributed by atoms with Gasteiger partial charge in [-0.1, -0.05) is 48.2 Å². The Morgan fingerprint density at radius 1 is 0.943 bits per heavy atom.